The summed E-state index contributed by atoms with van der Waals surface area (Å²) >= 11 is 0. The Morgan fingerprint density at radius 1 is 0.957 bits per heavy atom. The molecule has 0 aliphatic rings. The molecule has 1 amide bonds. The van der Waals surface area contributed by atoms with Gasteiger partial charge < -0.3 is 14.8 Å². The number of nitrogens with one attached hydrogen (secondary N) is 1. The molecule has 0 heterocycles. The summed E-state index contributed by atoms with van der Waals surface area (Å²) < 4.78 is 9.87. The fourth-order valence-electron chi connectivity index (χ4n) is 2.09. The minimum atomic E-state index is -0.786. The predicted octanol–water partition coefficient (Wildman–Crippen LogP) is 2.70. The number of ether oxygens (including phenoxy) is 2. The maximum atomic E-state index is 11.9. The highest BCUT2D eigenvalue weighted by atomic mass is 16.6. The van der Waals surface area contributed by atoms with Gasteiger partial charge in [0.25, 0.3) is 0 Å². The Bertz CT molecular complexity index is 628. The average Bonchev–Trinajstić information content (AvgIpc) is 2.60. The summed E-state index contributed by atoms with van der Waals surface area (Å²) in [6, 6.07) is 17.9. The lowest BCUT2D eigenvalue weighted by Gasteiger charge is -2.16. The van der Waals surface area contributed by atoms with Gasteiger partial charge in [0.1, 0.15) is 12.6 Å². The van der Waals surface area contributed by atoms with Crippen molar-refractivity contribution in [2.75, 3.05) is 7.11 Å². The van der Waals surface area contributed by atoms with Crippen LogP contribution in [0.15, 0.2) is 60.7 Å². The van der Waals surface area contributed by atoms with Crippen LogP contribution in [0.5, 0.6) is 0 Å². The molecular weight excluding hydrogens is 294 g/mol. The van der Waals surface area contributed by atoms with E-state index in [0.29, 0.717) is 6.42 Å². The summed E-state index contributed by atoms with van der Waals surface area (Å²) in [5.74, 6) is -0.509. The second kappa shape index (κ2) is 8.58. The molecule has 2 aromatic carbocycles. The molecule has 5 nitrogen and oxygen atoms in total. The molecule has 2 rings (SSSR count). The summed E-state index contributed by atoms with van der Waals surface area (Å²) in [4.78, 5) is 23.7. The van der Waals surface area contributed by atoms with Gasteiger partial charge in [-0.2, -0.15) is 0 Å². The van der Waals surface area contributed by atoms with E-state index in [1.54, 1.807) is 0 Å². The zero-order valence-corrected chi connectivity index (χ0v) is 12.9. The zero-order valence-electron chi connectivity index (χ0n) is 12.9. The van der Waals surface area contributed by atoms with E-state index >= 15 is 0 Å². The molecule has 2 aromatic rings. The van der Waals surface area contributed by atoms with E-state index in [4.69, 9.17) is 9.47 Å². The van der Waals surface area contributed by atoms with Crippen molar-refractivity contribution in [1.29, 1.82) is 0 Å². The monoisotopic (exact) mass is 313 g/mol. The standard InChI is InChI=1S/C18H19NO4/c1-22-17(20)16(12-14-8-4-2-5-9-14)19-18(21)23-13-15-10-6-3-7-11-15/h2-11,16H,12-13H2,1H3,(H,19,21)/t16-/m1/s1. The fourth-order valence-corrected chi connectivity index (χ4v) is 2.09. The van der Waals surface area contributed by atoms with E-state index in [1.807, 2.05) is 60.7 Å². The lowest BCUT2D eigenvalue weighted by Crippen LogP contribution is -2.43. The van der Waals surface area contributed by atoms with Crippen molar-refractivity contribution in [1.82, 2.24) is 5.32 Å². The summed E-state index contributed by atoms with van der Waals surface area (Å²) in [5.41, 5.74) is 1.80. The molecule has 0 saturated carbocycles. The van der Waals surface area contributed by atoms with Crippen LogP contribution in [0.4, 0.5) is 4.79 Å². The van der Waals surface area contributed by atoms with Gasteiger partial charge in [-0.1, -0.05) is 60.7 Å². The molecule has 0 radical (unpaired) electrons. The van der Waals surface area contributed by atoms with Crippen LogP contribution in [0.1, 0.15) is 11.1 Å². The summed E-state index contributed by atoms with van der Waals surface area (Å²) in [6.45, 7) is 0.145. The molecule has 0 aliphatic heterocycles. The van der Waals surface area contributed by atoms with Gasteiger partial charge in [0.2, 0.25) is 0 Å². The van der Waals surface area contributed by atoms with Crippen LogP contribution in [0.2, 0.25) is 0 Å². The van der Waals surface area contributed by atoms with E-state index in [1.165, 1.54) is 7.11 Å². The molecule has 0 unspecified atom stereocenters. The number of rotatable bonds is 6. The Hall–Kier alpha value is -2.82. The lowest BCUT2D eigenvalue weighted by molar-refractivity contribution is -0.143. The highest BCUT2D eigenvalue weighted by Gasteiger charge is 2.22. The third-order valence-electron chi connectivity index (χ3n) is 3.27. The number of esters is 1. The fraction of sp³-hybridized carbons (Fsp3) is 0.222. The van der Waals surface area contributed by atoms with E-state index in [9.17, 15) is 9.59 Å². The first-order valence-corrected chi connectivity index (χ1v) is 7.28. The van der Waals surface area contributed by atoms with Crippen molar-refractivity contribution in [2.45, 2.75) is 19.1 Å². The first-order chi connectivity index (χ1) is 11.2. The first kappa shape index (κ1) is 16.5. The number of carbonyl (C=O) groups excluding carboxylic acids is 2. The van der Waals surface area contributed by atoms with Crippen LogP contribution in [-0.2, 0) is 27.3 Å². The van der Waals surface area contributed by atoms with Gasteiger partial charge in [-0.25, -0.2) is 9.59 Å². The highest BCUT2D eigenvalue weighted by Crippen LogP contribution is 2.06. The maximum Gasteiger partial charge on any atom is 0.408 e. The summed E-state index contributed by atoms with van der Waals surface area (Å²) in [5, 5.41) is 2.55. The van der Waals surface area contributed by atoms with Crippen molar-refractivity contribution in [2.24, 2.45) is 0 Å². The number of hydrogen-bond acceptors (Lipinski definition) is 4. The molecule has 0 spiro atoms. The minimum absolute atomic E-state index is 0.145. The molecule has 0 saturated heterocycles. The minimum Gasteiger partial charge on any atom is -0.467 e. The Morgan fingerprint density at radius 2 is 1.52 bits per heavy atom. The summed E-state index contributed by atoms with van der Waals surface area (Å²) in [7, 11) is 1.29. The third-order valence-corrected chi connectivity index (χ3v) is 3.27. The topological polar surface area (TPSA) is 64.6 Å². The smallest absolute Gasteiger partial charge is 0.408 e. The molecule has 1 N–H and O–H groups in total. The number of methoxy groups -OCH3 is 1. The SMILES string of the molecule is COC(=O)[C@@H](Cc1ccccc1)NC(=O)OCc1ccccc1. The number of carbonyl (C=O) groups is 2. The molecular formula is C18H19NO4. The second-order valence-electron chi connectivity index (χ2n) is 4.97. The van der Waals surface area contributed by atoms with Crippen molar-refractivity contribution in [3.8, 4) is 0 Å². The van der Waals surface area contributed by atoms with Crippen LogP contribution in [-0.4, -0.2) is 25.2 Å². The van der Waals surface area contributed by atoms with Crippen LogP contribution < -0.4 is 5.32 Å². The van der Waals surface area contributed by atoms with Gasteiger partial charge in [0.05, 0.1) is 7.11 Å². The van der Waals surface area contributed by atoms with Gasteiger partial charge >= 0.3 is 12.1 Å². The van der Waals surface area contributed by atoms with Crippen molar-refractivity contribution in [3.05, 3.63) is 71.8 Å². The first-order valence-electron chi connectivity index (χ1n) is 7.28. The van der Waals surface area contributed by atoms with Gasteiger partial charge in [-0.15, -0.1) is 0 Å². The van der Waals surface area contributed by atoms with Gasteiger partial charge in [-0.05, 0) is 11.1 Å². The van der Waals surface area contributed by atoms with Crippen LogP contribution in [0.25, 0.3) is 0 Å². The number of amides is 1. The highest BCUT2D eigenvalue weighted by molar-refractivity contribution is 5.81. The largest absolute Gasteiger partial charge is 0.467 e. The van der Waals surface area contributed by atoms with Crippen molar-refractivity contribution in [3.63, 3.8) is 0 Å². The number of alkyl carbamates (subject to hydrolysis) is 1. The van der Waals surface area contributed by atoms with Crippen LogP contribution in [0.3, 0.4) is 0 Å². The van der Waals surface area contributed by atoms with Crippen LogP contribution in [0, 0.1) is 0 Å². The predicted molar refractivity (Wildman–Crippen MR) is 85.7 cm³/mol. The van der Waals surface area contributed by atoms with Gasteiger partial charge in [0.15, 0.2) is 0 Å². The molecule has 0 aliphatic carbocycles. The third kappa shape index (κ3) is 5.47. The molecule has 23 heavy (non-hydrogen) atoms. The van der Waals surface area contributed by atoms with Crippen molar-refractivity contribution >= 4 is 12.1 Å². The van der Waals surface area contributed by atoms with Gasteiger partial charge in [-0.3, -0.25) is 0 Å². The van der Waals surface area contributed by atoms with E-state index in [2.05, 4.69) is 5.32 Å². The molecule has 0 fully saturated rings. The molecule has 0 aromatic heterocycles. The Balaban J connectivity index is 1.91. The normalized spacial score (nSPS) is 11.3. The number of hydrogen-bond donors (Lipinski definition) is 1. The maximum absolute atomic E-state index is 11.9. The quantitative estimate of drug-likeness (QED) is 0.833. The molecule has 1 atom stereocenters. The lowest BCUT2D eigenvalue weighted by atomic mass is 10.1. The molecule has 120 valence electrons. The Labute approximate surface area is 135 Å². The van der Waals surface area contributed by atoms with Crippen molar-refractivity contribution < 1.29 is 19.1 Å². The van der Waals surface area contributed by atoms with Crippen LogP contribution >= 0.6 is 0 Å². The number of benzene rings is 2. The summed E-state index contributed by atoms with van der Waals surface area (Å²) in [6.07, 6.45) is -0.311. The average molecular weight is 313 g/mol. The second-order valence-corrected chi connectivity index (χ2v) is 4.97. The van der Waals surface area contributed by atoms with E-state index in [-0.39, 0.29) is 6.61 Å². The molecule has 0 bridgehead atoms. The molecule has 5 heteroatoms. The zero-order chi connectivity index (χ0) is 16.5. The Kier molecular flexibility index (Phi) is 6.17. The Morgan fingerprint density at radius 3 is 2.09 bits per heavy atom. The van der Waals surface area contributed by atoms with E-state index in [0.717, 1.165) is 11.1 Å². The van der Waals surface area contributed by atoms with E-state index < -0.39 is 18.1 Å². The van der Waals surface area contributed by atoms with Gasteiger partial charge in [0, 0.05) is 6.42 Å².